The van der Waals surface area contributed by atoms with Crippen LogP contribution < -0.4 is 14.8 Å². The van der Waals surface area contributed by atoms with Crippen molar-refractivity contribution >= 4 is 11.7 Å². The van der Waals surface area contributed by atoms with Crippen LogP contribution in [0, 0.1) is 6.92 Å². The molecule has 30 heavy (non-hydrogen) atoms. The van der Waals surface area contributed by atoms with E-state index in [-0.39, 0.29) is 30.6 Å². The standard InChI is InChI=1S/C22H30N2O6/c1-14(2)29-10-6-9-23-21(26)13-17(25)12-18-15(3)30-22(24-18)16-7-8-19(27-4)20(11-16)28-5/h7-8,11,14H,6,9-10,12-13H2,1-5H3,(H,23,26). The topological polar surface area (TPSA) is 99.9 Å². The van der Waals surface area contributed by atoms with Gasteiger partial charge in [-0.05, 0) is 45.4 Å². The lowest BCUT2D eigenvalue weighted by molar-refractivity contribution is -0.127. The first-order valence-electron chi connectivity index (χ1n) is 9.92. The van der Waals surface area contributed by atoms with E-state index < -0.39 is 0 Å². The number of carbonyl (C=O) groups excluding carboxylic acids is 2. The maximum Gasteiger partial charge on any atom is 0.227 e. The van der Waals surface area contributed by atoms with E-state index in [2.05, 4.69) is 10.3 Å². The number of hydrogen-bond donors (Lipinski definition) is 1. The Bertz CT molecular complexity index is 859. The third-order valence-corrected chi connectivity index (χ3v) is 4.34. The number of benzene rings is 1. The van der Waals surface area contributed by atoms with Crippen LogP contribution >= 0.6 is 0 Å². The van der Waals surface area contributed by atoms with Gasteiger partial charge in [0.15, 0.2) is 11.5 Å². The molecule has 0 radical (unpaired) electrons. The van der Waals surface area contributed by atoms with E-state index in [9.17, 15) is 9.59 Å². The first-order chi connectivity index (χ1) is 14.3. The first-order valence-corrected chi connectivity index (χ1v) is 9.92. The lowest BCUT2D eigenvalue weighted by Crippen LogP contribution is -2.28. The Morgan fingerprint density at radius 3 is 2.57 bits per heavy atom. The van der Waals surface area contributed by atoms with Crippen LogP contribution in [0.4, 0.5) is 0 Å². The van der Waals surface area contributed by atoms with Gasteiger partial charge in [-0.3, -0.25) is 9.59 Å². The Morgan fingerprint density at radius 1 is 1.17 bits per heavy atom. The summed E-state index contributed by atoms with van der Waals surface area (Å²) in [4.78, 5) is 28.6. The number of aromatic nitrogens is 1. The number of aryl methyl sites for hydroxylation is 1. The summed E-state index contributed by atoms with van der Waals surface area (Å²) in [5.41, 5.74) is 1.22. The Morgan fingerprint density at radius 2 is 1.90 bits per heavy atom. The summed E-state index contributed by atoms with van der Waals surface area (Å²) in [6, 6.07) is 5.32. The van der Waals surface area contributed by atoms with Crippen LogP contribution in [0.1, 0.15) is 38.1 Å². The van der Waals surface area contributed by atoms with Crippen LogP contribution in [0.2, 0.25) is 0 Å². The van der Waals surface area contributed by atoms with E-state index in [1.165, 1.54) is 0 Å². The SMILES string of the molecule is COc1ccc(-c2nc(CC(=O)CC(=O)NCCCOC(C)C)c(C)o2)cc1OC. The Hall–Kier alpha value is -2.87. The van der Waals surface area contributed by atoms with Gasteiger partial charge in [-0.1, -0.05) is 0 Å². The van der Waals surface area contributed by atoms with Crippen molar-refractivity contribution in [2.75, 3.05) is 27.4 Å². The average Bonchev–Trinajstić information content (AvgIpc) is 3.06. The van der Waals surface area contributed by atoms with Crippen molar-refractivity contribution in [2.24, 2.45) is 0 Å². The van der Waals surface area contributed by atoms with Crippen LogP contribution in [0.25, 0.3) is 11.5 Å². The molecule has 0 aliphatic heterocycles. The highest BCUT2D eigenvalue weighted by atomic mass is 16.5. The molecule has 164 valence electrons. The Kier molecular flexibility index (Phi) is 8.86. The second kappa shape index (κ2) is 11.3. The summed E-state index contributed by atoms with van der Waals surface area (Å²) >= 11 is 0. The number of rotatable bonds is 12. The molecule has 0 saturated heterocycles. The summed E-state index contributed by atoms with van der Waals surface area (Å²) in [5, 5.41) is 2.73. The molecule has 0 bridgehead atoms. The van der Waals surface area contributed by atoms with E-state index in [1.54, 1.807) is 39.3 Å². The fraction of sp³-hybridized carbons (Fsp3) is 0.500. The lowest BCUT2D eigenvalue weighted by atomic mass is 10.1. The number of hydrogen-bond acceptors (Lipinski definition) is 7. The molecule has 1 aromatic carbocycles. The zero-order valence-electron chi connectivity index (χ0n) is 18.2. The van der Waals surface area contributed by atoms with Crippen LogP contribution in [0.5, 0.6) is 11.5 Å². The summed E-state index contributed by atoms with van der Waals surface area (Å²) in [7, 11) is 3.11. The summed E-state index contributed by atoms with van der Waals surface area (Å²) in [6.07, 6.45) is 0.710. The highest BCUT2D eigenvalue weighted by Crippen LogP contribution is 2.32. The highest BCUT2D eigenvalue weighted by molar-refractivity contribution is 5.98. The molecule has 0 aliphatic carbocycles. The quantitative estimate of drug-likeness (QED) is 0.418. The number of carbonyl (C=O) groups is 2. The van der Waals surface area contributed by atoms with Crippen molar-refractivity contribution in [3.63, 3.8) is 0 Å². The number of Topliss-reactive ketones (excluding diaryl/α,β-unsaturated/α-hetero) is 1. The van der Waals surface area contributed by atoms with Crippen molar-refractivity contribution in [1.29, 1.82) is 0 Å². The van der Waals surface area contributed by atoms with Crippen molar-refractivity contribution in [3.05, 3.63) is 29.7 Å². The van der Waals surface area contributed by atoms with E-state index in [4.69, 9.17) is 18.6 Å². The smallest absolute Gasteiger partial charge is 0.227 e. The van der Waals surface area contributed by atoms with Gasteiger partial charge in [0.2, 0.25) is 11.8 Å². The molecule has 2 aromatic rings. The number of ketones is 1. The second-order valence-electron chi connectivity index (χ2n) is 7.11. The van der Waals surface area contributed by atoms with Crippen LogP contribution in [-0.4, -0.2) is 50.1 Å². The van der Waals surface area contributed by atoms with Crippen molar-refractivity contribution in [2.45, 2.75) is 46.1 Å². The molecule has 1 amide bonds. The van der Waals surface area contributed by atoms with Crippen LogP contribution in [0.15, 0.2) is 22.6 Å². The number of ether oxygens (including phenoxy) is 3. The van der Waals surface area contributed by atoms with Gasteiger partial charge in [0.05, 0.1) is 38.9 Å². The monoisotopic (exact) mass is 418 g/mol. The van der Waals surface area contributed by atoms with Gasteiger partial charge in [-0.25, -0.2) is 4.98 Å². The molecular weight excluding hydrogens is 388 g/mol. The van der Waals surface area contributed by atoms with E-state index in [0.29, 0.717) is 54.0 Å². The van der Waals surface area contributed by atoms with Gasteiger partial charge in [-0.15, -0.1) is 0 Å². The fourth-order valence-electron chi connectivity index (χ4n) is 2.79. The maximum atomic E-state index is 12.3. The van der Waals surface area contributed by atoms with E-state index >= 15 is 0 Å². The number of amides is 1. The second-order valence-corrected chi connectivity index (χ2v) is 7.11. The molecule has 0 saturated carbocycles. The van der Waals surface area contributed by atoms with Crippen LogP contribution in [0.3, 0.4) is 0 Å². The molecule has 1 heterocycles. The lowest BCUT2D eigenvalue weighted by Gasteiger charge is -2.08. The summed E-state index contributed by atoms with van der Waals surface area (Å²) in [5.74, 6) is 1.55. The number of methoxy groups -OCH3 is 2. The largest absolute Gasteiger partial charge is 0.493 e. The van der Waals surface area contributed by atoms with Gasteiger partial charge in [0.25, 0.3) is 0 Å². The van der Waals surface area contributed by atoms with Gasteiger partial charge in [0.1, 0.15) is 11.5 Å². The van der Waals surface area contributed by atoms with E-state index in [0.717, 1.165) is 0 Å². The van der Waals surface area contributed by atoms with Gasteiger partial charge in [-0.2, -0.15) is 0 Å². The van der Waals surface area contributed by atoms with Crippen LogP contribution in [-0.2, 0) is 20.7 Å². The van der Waals surface area contributed by atoms with E-state index in [1.807, 2.05) is 13.8 Å². The third kappa shape index (κ3) is 6.88. The molecular formula is C22H30N2O6. The number of nitrogens with zero attached hydrogens (tertiary/aromatic N) is 1. The molecule has 8 heteroatoms. The molecule has 0 spiro atoms. The van der Waals surface area contributed by atoms with Crippen molar-refractivity contribution in [1.82, 2.24) is 10.3 Å². The molecule has 8 nitrogen and oxygen atoms in total. The Labute approximate surface area is 176 Å². The molecule has 2 rings (SSSR count). The normalized spacial score (nSPS) is 10.9. The van der Waals surface area contributed by atoms with Crippen molar-refractivity contribution in [3.8, 4) is 23.0 Å². The molecule has 1 aromatic heterocycles. The van der Waals surface area contributed by atoms with Crippen molar-refractivity contribution < 1.29 is 28.2 Å². The number of nitrogens with one attached hydrogen (secondary N) is 1. The fourth-order valence-corrected chi connectivity index (χ4v) is 2.79. The summed E-state index contributed by atoms with van der Waals surface area (Å²) in [6.45, 7) is 6.71. The molecule has 1 N–H and O–H groups in total. The predicted octanol–water partition coefficient (Wildman–Crippen LogP) is 3.10. The van der Waals surface area contributed by atoms with Gasteiger partial charge < -0.3 is 23.9 Å². The minimum absolute atomic E-state index is 0.0342. The molecule has 0 fully saturated rings. The minimum atomic E-state index is -0.300. The first kappa shape index (κ1) is 23.4. The molecule has 0 unspecified atom stereocenters. The zero-order valence-corrected chi connectivity index (χ0v) is 18.2. The molecule has 0 atom stereocenters. The minimum Gasteiger partial charge on any atom is -0.493 e. The van der Waals surface area contributed by atoms with Gasteiger partial charge >= 0.3 is 0 Å². The average molecular weight is 418 g/mol. The molecule has 0 aliphatic rings. The Balaban J connectivity index is 1.91. The third-order valence-electron chi connectivity index (χ3n) is 4.34. The highest BCUT2D eigenvalue weighted by Gasteiger charge is 2.18. The van der Waals surface area contributed by atoms with Gasteiger partial charge in [0, 0.05) is 18.7 Å². The maximum absolute atomic E-state index is 12.3. The summed E-state index contributed by atoms with van der Waals surface area (Å²) < 4.78 is 21.7. The predicted molar refractivity (Wildman–Crippen MR) is 112 cm³/mol. The zero-order chi connectivity index (χ0) is 22.1. The number of oxazole rings is 1.